The molecule has 3 heterocycles. The topological polar surface area (TPSA) is 146 Å². The molecule has 0 radical (unpaired) electrons. The number of H-pyrrole nitrogens is 2. The van der Waals surface area contributed by atoms with E-state index in [2.05, 4.69) is 21.9 Å². The second-order valence-electron chi connectivity index (χ2n) is 8.44. The Morgan fingerprint density at radius 2 is 1.78 bits per heavy atom. The van der Waals surface area contributed by atoms with Crippen LogP contribution in [0.4, 0.5) is 5.82 Å². The Kier molecular flexibility index (Phi) is 5.99. The number of hydrogen-bond donors (Lipinski definition) is 4. The molecule has 1 saturated heterocycles. The molecular weight excluding hydrogens is 460 g/mol. The lowest BCUT2D eigenvalue weighted by atomic mass is 10.0. The summed E-state index contributed by atoms with van der Waals surface area (Å²) in [6.07, 6.45) is 1.92. The molecule has 0 saturated carbocycles. The average Bonchev–Trinajstić information content (AvgIpc) is 3.50. The third-order valence-corrected chi connectivity index (χ3v) is 6.03. The molecule has 5 N–H and O–H groups in total. The van der Waals surface area contributed by atoms with Crippen molar-refractivity contribution in [3.8, 4) is 22.8 Å². The molecule has 10 heteroatoms. The number of nitrogens with one attached hydrogen (secondary N) is 3. The van der Waals surface area contributed by atoms with Crippen LogP contribution in [0.5, 0.6) is 11.5 Å². The fraction of sp³-hybridized carbons (Fsp3) is 0.154. The van der Waals surface area contributed by atoms with E-state index in [9.17, 15) is 14.4 Å². The van der Waals surface area contributed by atoms with Crippen molar-refractivity contribution in [3.05, 3.63) is 83.3 Å². The number of nitrogens with zero attached hydrogens (tertiary/aromatic N) is 2. The molecule has 0 unspecified atom stereocenters. The smallest absolute Gasteiger partial charge is 0.323 e. The molecule has 2 aromatic heterocycles. The highest BCUT2D eigenvalue weighted by atomic mass is 16.5. The van der Waals surface area contributed by atoms with Crippen molar-refractivity contribution in [1.29, 1.82) is 0 Å². The predicted molar refractivity (Wildman–Crippen MR) is 136 cm³/mol. The standard InChI is InChI=1S/C26H24N6O4/c1-2-19(33)28-16-12-13-32(14-16)25-23-22(30-26(35)31-23)20(24(27)34)21(29-25)15-8-10-18(11-9-15)36-17-6-4-3-5-7-17/h2-11,16H,1,12-14H2,(H2,27,34)(H,28,33)(H2,30,31,35)/t16-/m0/s1. The minimum atomic E-state index is -0.716. The van der Waals surface area contributed by atoms with E-state index in [0.29, 0.717) is 53.6 Å². The van der Waals surface area contributed by atoms with E-state index in [-0.39, 0.29) is 23.0 Å². The van der Waals surface area contributed by atoms with Gasteiger partial charge in [-0.25, -0.2) is 9.78 Å². The Balaban J connectivity index is 1.55. The first-order valence-corrected chi connectivity index (χ1v) is 11.4. The number of carbonyl (C=O) groups is 2. The Hall–Kier alpha value is -4.86. The summed E-state index contributed by atoms with van der Waals surface area (Å²) >= 11 is 0. The highest BCUT2D eigenvalue weighted by Gasteiger charge is 2.29. The van der Waals surface area contributed by atoms with E-state index in [1.54, 1.807) is 24.3 Å². The van der Waals surface area contributed by atoms with Gasteiger partial charge in [0, 0.05) is 24.7 Å². The summed E-state index contributed by atoms with van der Waals surface area (Å²) in [6.45, 7) is 4.56. The second kappa shape index (κ2) is 9.41. The number of hydrogen-bond acceptors (Lipinski definition) is 6. The highest BCUT2D eigenvalue weighted by molar-refractivity contribution is 6.11. The number of fused-ring (bicyclic) bond motifs is 1. The molecule has 0 spiro atoms. The van der Waals surface area contributed by atoms with Gasteiger partial charge in [-0.2, -0.15) is 0 Å². The summed E-state index contributed by atoms with van der Waals surface area (Å²) < 4.78 is 5.86. The first-order valence-electron chi connectivity index (χ1n) is 11.4. The van der Waals surface area contributed by atoms with Gasteiger partial charge in [-0.3, -0.25) is 9.59 Å². The van der Waals surface area contributed by atoms with E-state index in [4.69, 9.17) is 15.5 Å². The zero-order chi connectivity index (χ0) is 25.2. The summed E-state index contributed by atoms with van der Waals surface area (Å²) in [7, 11) is 0. The van der Waals surface area contributed by atoms with E-state index in [1.807, 2.05) is 35.2 Å². The third kappa shape index (κ3) is 4.43. The van der Waals surface area contributed by atoms with E-state index < -0.39 is 11.6 Å². The molecule has 36 heavy (non-hydrogen) atoms. The highest BCUT2D eigenvalue weighted by Crippen LogP contribution is 2.34. The lowest BCUT2D eigenvalue weighted by Gasteiger charge is -2.20. The fourth-order valence-electron chi connectivity index (χ4n) is 4.39. The van der Waals surface area contributed by atoms with Gasteiger partial charge in [0.2, 0.25) is 5.91 Å². The number of aromatic amines is 2. The van der Waals surface area contributed by atoms with Gasteiger partial charge in [-0.15, -0.1) is 0 Å². The Labute approximate surface area is 205 Å². The van der Waals surface area contributed by atoms with Crippen molar-refractivity contribution in [2.24, 2.45) is 5.73 Å². The predicted octanol–water partition coefficient (Wildman–Crippen LogP) is 2.69. The van der Waals surface area contributed by atoms with Crippen molar-refractivity contribution >= 4 is 28.7 Å². The van der Waals surface area contributed by atoms with Crippen LogP contribution >= 0.6 is 0 Å². The molecule has 2 aromatic carbocycles. The van der Waals surface area contributed by atoms with Crippen LogP contribution in [0.2, 0.25) is 0 Å². The van der Waals surface area contributed by atoms with Gasteiger partial charge in [-0.1, -0.05) is 24.8 Å². The number of aromatic nitrogens is 3. The van der Waals surface area contributed by atoms with Crippen LogP contribution in [0, 0.1) is 0 Å². The van der Waals surface area contributed by atoms with Crippen LogP contribution in [-0.4, -0.2) is 45.9 Å². The molecule has 4 aromatic rings. The number of imidazole rings is 1. The number of nitrogens with two attached hydrogens (primary N) is 1. The molecule has 182 valence electrons. The van der Waals surface area contributed by atoms with Gasteiger partial charge in [0.1, 0.15) is 17.0 Å². The maximum Gasteiger partial charge on any atom is 0.323 e. The molecule has 1 atom stereocenters. The van der Waals surface area contributed by atoms with Gasteiger partial charge < -0.3 is 30.7 Å². The van der Waals surface area contributed by atoms with Crippen LogP contribution < -0.4 is 26.4 Å². The van der Waals surface area contributed by atoms with Gasteiger partial charge >= 0.3 is 5.69 Å². The molecule has 1 aliphatic rings. The lowest BCUT2D eigenvalue weighted by Crippen LogP contribution is -2.36. The first-order chi connectivity index (χ1) is 17.4. The SMILES string of the molecule is C=CC(=O)N[C@H]1CCN(c2nc(-c3ccc(Oc4ccccc4)cc3)c(C(N)=O)c3[nH]c(=O)[nH]c23)C1. The largest absolute Gasteiger partial charge is 0.457 e. The van der Waals surface area contributed by atoms with Crippen LogP contribution in [0.1, 0.15) is 16.8 Å². The molecule has 5 rings (SSSR count). The summed E-state index contributed by atoms with van der Waals surface area (Å²) in [5.41, 5.74) is 7.02. The van der Waals surface area contributed by atoms with Gasteiger partial charge in [0.25, 0.3) is 5.91 Å². The van der Waals surface area contributed by atoms with Crippen LogP contribution in [0.3, 0.4) is 0 Å². The van der Waals surface area contributed by atoms with Crippen molar-refractivity contribution in [2.75, 3.05) is 18.0 Å². The maximum absolute atomic E-state index is 12.5. The lowest BCUT2D eigenvalue weighted by molar-refractivity contribution is -0.117. The van der Waals surface area contributed by atoms with E-state index in [0.717, 1.165) is 0 Å². The number of ether oxygens (including phenoxy) is 1. The zero-order valence-corrected chi connectivity index (χ0v) is 19.3. The second-order valence-corrected chi connectivity index (χ2v) is 8.44. The molecule has 0 aliphatic carbocycles. The summed E-state index contributed by atoms with van der Waals surface area (Å²) in [5, 5.41) is 2.89. The van der Waals surface area contributed by atoms with Crippen molar-refractivity contribution < 1.29 is 14.3 Å². The first kappa shape index (κ1) is 22.9. The monoisotopic (exact) mass is 484 g/mol. The Morgan fingerprint density at radius 1 is 1.08 bits per heavy atom. The van der Waals surface area contributed by atoms with E-state index >= 15 is 0 Å². The van der Waals surface area contributed by atoms with Gasteiger partial charge in [0.15, 0.2) is 5.82 Å². The zero-order valence-electron chi connectivity index (χ0n) is 19.3. The van der Waals surface area contributed by atoms with E-state index in [1.165, 1.54) is 6.08 Å². The molecule has 2 amide bonds. The minimum absolute atomic E-state index is 0.105. The number of carbonyl (C=O) groups excluding carboxylic acids is 2. The molecule has 0 bridgehead atoms. The van der Waals surface area contributed by atoms with Crippen molar-refractivity contribution in [1.82, 2.24) is 20.3 Å². The number of rotatable bonds is 7. The number of benzene rings is 2. The van der Waals surface area contributed by atoms with Crippen molar-refractivity contribution in [3.63, 3.8) is 0 Å². The Morgan fingerprint density at radius 3 is 2.47 bits per heavy atom. The number of para-hydroxylation sites is 1. The van der Waals surface area contributed by atoms with Gasteiger partial charge in [0.05, 0.1) is 16.8 Å². The Bertz CT molecular complexity index is 1510. The normalized spacial score (nSPS) is 15.1. The summed E-state index contributed by atoms with van der Waals surface area (Å²) in [6, 6.07) is 16.4. The van der Waals surface area contributed by atoms with Crippen molar-refractivity contribution in [2.45, 2.75) is 12.5 Å². The minimum Gasteiger partial charge on any atom is -0.457 e. The quantitative estimate of drug-likeness (QED) is 0.297. The molecule has 1 aliphatic heterocycles. The molecule has 1 fully saturated rings. The average molecular weight is 485 g/mol. The number of pyridine rings is 1. The van der Waals surface area contributed by atoms with Crippen LogP contribution in [0.15, 0.2) is 72.0 Å². The van der Waals surface area contributed by atoms with Gasteiger partial charge in [-0.05, 0) is 48.9 Å². The number of primary amides is 1. The molecule has 10 nitrogen and oxygen atoms in total. The number of anilines is 1. The third-order valence-electron chi connectivity index (χ3n) is 6.03. The number of amides is 2. The van der Waals surface area contributed by atoms with Crippen LogP contribution in [0.25, 0.3) is 22.3 Å². The maximum atomic E-state index is 12.5. The summed E-state index contributed by atoms with van der Waals surface area (Å²) in [5.74, 6) is 0.830. The molecular formula is C26H24N6O4. The fourth-order valence-corrected chi connectivity index (χ4v) is 4.39. The van der Waals surface area contributed by atoms with Crippen LogP contribution in [-0.2, 0) is 4.79 Å². The summed E-state index contributed by atoms with van der Waals surface area (Å²) in [4.78, 5) is 48.7.